The number of non-ortho nitro benzene ring substituents is 1. The van der Waals surface area contributed by atoms with Gasteiger partial charge in [0.05, 0.1) is 16.9 Å². The second-order valence-corrected chi connectivity index (χ2v) is 11.4. The second kappa shape index (κ2) is 12.2. The lowest BCUT2D eigenvalue weighted by Gasteiger charge is -2.32. The zero-order valence-corrected chi connectivity index (χ0v) is 22.2. The largest absolute Gasteiger partial charge is 0.352 e. The first-order valence-electron chi connectivity index (χ1n) is 12.3. The number of anilines is 1. The number of carbonyl (C=O) groups is 2. The maximum Gasteiger partial charge on any atom is 0.271 e. The van der Waals surface area contributed by atoms with E-state index in [1.807, 2.05) is 30.3 Å². The second-order valence-electron chi connectivity index (χ2n) is 9.49. The van der Waals surface area contributed by atoms with Gasteiger partial charge < -0.3 is 10.2 Å². The molecule has 0 radical (unpaired) electrons. The fourth-order valence-corrected chi connectivity index (χ4v) is 5.44. The van der Waals surface area contributed by atoms with Crippen LogP contribution in [0.1, 0.15) is 43.7 Å². The van der Waals surface area contributed by atoms with E-state index < -0.39 is 33.4 Å². The third kappa shape index (κ3) is 7.51. The molecule has 1 N–H and O–H groups in total. The highest BCUT2D eigenvalue weighted by Crippen LogP contribution is 2.28. The molecule has 2 aromatic carbocycles. The van der Waals surface area contributed by atoms with Gasteiger partial charge in [-0.3, -0.25) is 24.0 Å². The highest BCUT2D eigenvalue weighted by Gasteiger charge is 2.32. The number of nitro groups is 1. The summed E-state index contributed by atoms with van der Waals surface area (Å²) in [5.41, 5.74) is 1.20. The fourth-order valence-electron chi connectivity index (χ4n) is 4.54. The van der Waals surface area contributed by atoms with Crippen LogP contribution in [0.25, 0.3) is 0 Å². The Morgan fingerprint density at radius 2 is 1.78 bits per heavy atom. The third-order valence-electron chi connectivity index (χ3n) is 6.70. The highest BCUT2D eigenvalue weighted by atomic mass is 32.2. The number of nitrogens with zero attached hydrogens (tertiary/aromatic N) is 3. The van der Waals surface area contributed by atoms with Crippen molar-refractivity contribution >= 4 is 33.2 Å². The van der Waals surface area contributed by atoms with E-state index in [-0.39, 0.29) is 29.9 Å². The molecule has 2 aromatic rings. The molecule has 0 heterocycles. The van der Waals surface area contributed by atoms with Gasteiger partial charge in [-0.05, 0) is 44.2 Å². The lowest BCUT2D eigenvalue weighted by atomic mass is 10.1. The summed E-state index contributed by atoms with van der Waals surface area (Å²) in [7, 11) is -3.98. The molecule has 37 heavy (non-hydrogen) atoms. The number of aryl methyl sites for hydroxylation is 1. The molecule has 1 saturated carbocycles. The van der Waals surface area contributed by atoms with Crippen LogP contribution >= 0.6 is 0 Å². The number of carbonyl (C=O) groups excluding carboxylic acids is 2. The Balaban J connectivity index is 1.89. The van der Waals surface area contributed by atoms with Crippen molar-refractivity contribution < 1.29 is 22.9 Å². The van der Waals surface area contributed by atoms with Crippen molar-refractivity contribution in [3.63, 3.8) is 0 Å². The lowest BCUT2D eigenvalue weighted by molar-refractivity contribution is -0.384. The SMILES string of the molecule is Cc1ccc([N+](=O)[O-])cc1N(CC(=O)N(CCc1ccccc1)[C@@H](C)C(=O)NC1CCCC1)S(C)(=O)=O. The van der Waals surface area contributed by atoms with E-state index in [1.165, 1.54) is 17.0 Å². The average molecular weight is 531 g/mol. The van der Waals surface area contributed by atoms with Crippen molar-refractivity contribution in [1.82, 2.24) is 10.2 Å². The Morgan fingerprint density at radius 1 is 1.14 bits per heavy atom. The summed E-state index contributed by atoms with van der Waals surface area (Å²) in [6.45, 7) is 2.87. The van der Waals surface area contributed by atoms with E-state index in [0.29, 0.717) is 12.0 Å². The molecular weight excluding hydrogens is 496 g/mol. The molecule has 10 nitrogen and oxygen atoms in total. The average Bonchev–Trinajstić information content (AvgIpc) is 3.36. The maximum absolute atomic E-state index is 13.6. The quantitative estimate of drug-likeness (QED) is 0.351. The molecule has 3 rings (SSSR count). The topological polar surface area (TPSA) is 130 Å². The molecule has 0 bridgehead atoms. The molecule has 11 heteroatoms. The van der Waals surface area contributed by atoms with E-state index in [1.54, 1.807) is 13.8 Å². The number of nitrogens with one attached hydrogen (secondary N) is 1. The molecule has 0 aliphatic heterocycles. The Morgan fingerprint density at radius 3 is 2.38 bits per heavy atom. The number of rotatable bonds is 11. The van der Waals surface area contributed by atoms with Crippen LogP contribution in [0.4, 0.5) is 11.4 Å². The Kier molecular flexibility index (Phi) is 9.25. The van der Waals surface area contributed by atoms with Gasteiger partial charge in [-0.25, -0.2) is 8.42 Å². The summed E-state index contributed by atoms with van der Waals surface area (Å²) in [5.74, 6) is -0.855. The van der Waals surface area contributed by atoms with Gasteiger partial charge in [0.2, 0.25) is 21.8 Å². The van der Waals surface area contributed by atoms with Crippen LogP contribution in [-0.2, 0) is 26.0 Å². The smallest absolute Gasteiger partial charge is 0.271 e. The molecule has 200 valence electrons. The highest BCUT2D eigenvalue weighted by molar-refractivity contribution is 7.92. The van der Waals surface area contributed by atoms with Gasteiger partial charge in [-0.15, -0.1) is 0 Å². The molecule has 0 aromatic heterocycles. The van der Waals surface area contributed by atoms with Gasteiger partial charge in [0.1, 0.15) is 12.6 Å². The number of hydrogen-bond donors (Lipinski definition) is 1. The van der Waals surface area contributed by atoms with Gasteiger partial charge in [0.25, 0.3) is 5.69 Å². The van der Waals surface area contributed by atoms with Crippen molar-refractivity contribution in [1.29, 1.82) is 0 Å². The summed E-state index contributed by atoms with van der Waals surface area (Å²) in [6.07, 6.45) is 5.30. The van der Waals surface area contributed by atoms with Crippen molar-refractivity contribution in [3.05, 3.63) is 69.8 Å². The van der Waals surface area contributed by atoms with Crippen molar-refractivity contribution in [3.8, 4) is 0 Å². The van der Waals surface area contributed by atoms with Gasteiger partial charge >= 0.3 is 0 Å². The standard InChI is InChI=1S/C26H34N4O6S/c1-19-13-14-23(30(33)34)17-24(19)29(37(3,35)36)18-25(31)28(16-15-21-9-5-4-6-10-21)20(2)26(32)27-22-11-7-8-12-22/h4-6,9-10,13-14,17,20,22H,7-8,11-12,15-16,18H2,1-3H3,(H,27,32)/t20-/m0/s1. The summed E-state index contributed by atoms with van der Waals surface area (Å²) in [4.78, 5) is 38.8. The molecule has 1 aliphatic carbocycles. The van der Waals surface area contributed by atoms with Crippen LogP contribution in [0.5, 0.6) is 0 Å². The molecular formula is C26H34N4O6S. The van der Waals surface area contributed by atoms with E-state index in [2.05, 4.69) is 5.32 Å². The number of sulfonamides is 1. The first kappa shape index (κ1) is 28.1. The van der Waals surface area contributed by atoms with Crippen molar-refractivity contribution in [2.24, 2.45) is 0 Å². The van der Waals surface area contributed by atoms with Gasteiger partial charge in [-0.2, -0.15) is 0 Å². The van der Waals surface area contributed by atoms with E-state index in [4.69, 9.17) is 0 Å². The summed E-state index contributed by atoms with van der Waals surface area (Å²) in [6, 6.07) is 12.6. The zero-order valence-electron chi connectivity index (χ0n) is 21.4. The monoisotopic (exact) mass is 530 g/mol. The lowest BCUT2D eigenvalue weighted by Crippen LogP contribution is -2.53. The molecule has 2 amide bonds. The van der Waals surface area contributed by atoms with Crippen LogP contribution < -0.4 is 9.62 Å². The molecule has 0 unspecified atom stereocenters. The first-order chi connectivity index (χ1) is 17.5. The third-order valence-corrected chi connectivity index (χ3v) is 7.83. The van der Waals surface area contributed by atoms with Gasteiger partial charge in [-0.1, -0.05) is 49.2 Å². The minimum Gasteiger partial charge on any atom is -0.352 e. The van der Waals surface area contributed by atoms with Crippen molar-refractivity contribution in [2.75, 3.05) is 23.7 Å². The minimum absolute atomic E-state index is 0.0520. The van der Waals surface area contributed by atoms with E-state index in [0.717, 1.165) is 47.9 Å². The van der Waals surface area contributed by atoms with Crippen LogP contribution in [0.15, 0.2) is 48.5 Å². The number of nitro benzene ring substituents is 1. The van der Waals surface area contributed by atoms with Gasteiger partial charge in [0.15, 0.2) is 0 Å². The normalized spacial score (nSPS) is 14.7. The Labute approximate surface area is 217 Å². The fraction of sp³-hybridized carbons (Fsp3) is 0.462. The van der Waals surface area contributed by atoms with Crippen LogP contribution in [0.3, 0.4) is 0 Å². The number of hydrogen-bond acceptors (Lipinski definition) is 6. The summed E-state index contributed by atoms with van der Waals surface area (Å²) >= 11 is 0. The van der Waals surface area contributed by atoms with E-state index >= 15 is 0 Å². The van der Waals surface area contributed by atoms with Crippen LogP contribution in [0, 0.1) is 17.0 Å². The Hall–Kier alpha value is -3.47. The van der Waals surface area contributed by atoms with Crippen LogP contribution in [-0.4, -0.2) is 61.5 Å². The number of amides is 2. The molecule has 1 atom stereocenters. The zero-order chi connectivity index (χ0) is 27.2. The molecule has 0 spiro atoms. The number of benzene rings is 2. The predicted octanol–water partition coefficient (Wildman–Crippen LogP) is 3.19. The molecule has 0 saturated heterocycles. The van der Waals surface area contributed by atoms with Crippen LogP contribution in [0.2, 0.25) is 0 Å². The molecule has 1 fully saturated rings. The van der Waals surface area contributed by atoms with Crippen molar-refractivity contribution in [2.45, 2.75) is 58.0 Å². The van der Waals surface area contributed by atoms with E-state index in [9.17, 15) is 28.1 Å². The summed E-state index contributed by atoms with van der Waals surface area (Å²) < 4.78 is 26.4. The first-order valence-corrected chi connectivity index (χ1v) is 14.2. The summed E-state index contributed by atoms with van der Waals surface area (Å²) in [5, 5.41) is 14.3. The maximum atomic E-state index is 13.6. The van der Waals surface area contributed by atoms with Gasteiger partial charge in [0, 0.05) is 24.7 Å². The predicted molar refractivity (Wildman–Crippen MR) is 142 cm³/mol. The molecule has 1 aliphatic rings. The minimum atomic E-state index is -3.98. The Bertz CT molecular complexity index is 1230.